The van der Waals surface area contributed by atoms with Crippen molar-refractivity contribution in [3.05, 3.63) is 34.3 Å². The Bertz CT molecular complexity index is 713. The van der Waals surface area contributed by atoms with Crippen molar-refractivity contribution < 1.29 is 18.8 Å². The summed E-state index contributed by atoms with van der Waals surface area (Å²) in [5.41, 5.74) is -0.149. The van der Waals surface area contributed by atoms with Crippen molar-refractivity contribution in [3.63, 3.8) is 0 Å². The molecule has 5 nitrogen and oxygen atoms in total. The molecule has 3 rings (SSSR count). The summed E-state index contributed by atoms with van der Waals surface area (Å²) in [7, 11) is -0.369. The minimum absolute atomic E-state index is 0.0368. The number of halogens is 1. The second-order valence-electron chi connectivity index (χ2n) is 9.83. The average Bonchev–Trinajstić information content (AvgIpc) is 3.06. The molecule has 0 aromatic heterocycles. The molecule has 0 saturated carbocycles. The molecule has 7 heteroatoms. The molecule has 28 heavy (non-hydrogen) atoms. The molecule has 2 aliphatic heterocycles. The lowest BCUT2D eigenvalue weighted by molar-refractivity contribution is 0.00578. The molecule has 0 spiro atoms. The van der Waals surface area contributed by atoms with E-state index in [0.29, 0.717) is 13.1 Å². The fraction of sp³-hybridized carbons (Fsp3) is 0.667. The molecule has 2 atom stereocenters. The summed E-state index contributed by atoms with van der Waals surface area (Å²) in [5, 5.41) is 0. The van der Waals surface area contributed by atoms with Crippen molar-refractivity contribution in [2.75, 3.05) is 13.1 Å². The second kappa shape index (κ2) is 7.33. The molecule has 0 N–H and O–H groups in total. The topological polar surface area (TPSA) is 48.0 Å². The SMILES string of the molecule is CC(C)(C)OC(=O)N1CC(B2OC(C)(C)C(C)(C)O2)C(c2ccc(Br)cc2)C1. The highest BCUT2D eigenvalue weighted by atomic mass is 79.9. The minimum Gasteiger partial charge on any atom is -0.444 e. The number of ether oxygens (including phenoxy) is 1. The van der Waals surface area contributed by atoms with Crippen LogP contribution in [0.1, 0.15) is 59.9 Å². The summed E-state index contributed by atoms with van der Waals surface area (Å²) in [5.74, 6) is 0.157. The first-order valence-electron chi connectivity index (χ1n) is 9.88. The van der Waals surface area contributed by atoms with Crippen LogP contribution in [0.2, 0.25) is 5.82 Å². The predicted octanol–water partition coefficient (Wildman–Crippen LogP) is 5.25. The van der Waals surface area contributed by atoms with Crippen LogP contribution in [0.4, 0.5) is 4.79 Å². The summed E-state index contributed by atoms with van der Waals surface area (Å²) >= 11 is 3.50. The molecule has 0 aliphatic carbocycles. The highest BCUT2D eigenvalue weighted by molar-refractivity contribution is 9.10. The third-order valence-corrected chi connectivity index (χ3v) is 6.46. The summed E-state index contributed by atoms with van der Waals surface area (Å²) in [4.78, 5) is 14.5. The molecule has 1 amide bonds. The van der Waals surface area contributed by atoms with Crippen molar-refractivity contribution in [2.24, 2.45) is 0 Å². The van der Waals surface area contributed by atoms with E-state index in [0.717, 1.165) is 4.47 Å². The number of likely N-dealkylation sites (tertiary alicyclic amines) is 1. The van der Waals surface area contributed by atoms with E-state index in [1.165, 1.54) is 5.56 Å². The van der Waals surface area contributed by atoms with Crippen LogP contribution in [0.3, 0.4) is 0 Å². The zero-order valence-corrected chi connectivity index (χ0v) is 19.5. The zero-order chi connectivity index (χ0) is 20.9. The molecule has 2 heterocycles. The molecule has 2 saturated heterocycles. The number of hydrogen-bond donors (Lipinski definition) is 0. The maximum atomic E-state index is 12.7. The monoisotopic (exact) mass is 451 g/mol. The van der Waals surface area contributed by atoms with Crippen molar-refractivity contribution in [1.29, 1.82) is 0 Å². The van der Waals surface area contributed by atoms with Gasteiger partial charge in [-0.15, -0.1) is 0 Å². The van der Waals surface area contributed by atoms with Gasteiger partial charge in [-0.3, -0.25) is 0 Å². The molecule has 0 radical (unpaired) electrons. The van der Waals surface area contributed by atoms with Crippen molar-refractivity contribution in [2.45, 2.75) is 77.0 Å². The average molecular weight is 452 g/mol. The molecule has 2 unspecified atom stereocenters. The van der Waals surface area contributed by atoms with Gasteiger partial charge in [-0.25, -0.2) is 4.79 Å². The highest BCUT2D eigenvalue weighted by Gasteiger charge is 2.57. The fourth-order valence-corrected chi connectivity index (χ4v) is 3.97. The molecule has 1 aromatic rings. The van der Waals surface area contributed by atoms with Gasteiger partial charge in [-0.2, -0.15) is 0 Å². The number of carbonyl (C=O) groups excluding carboxylic acids is 1. The Kier molecular flexibility index (Phi) is 5.67. The Balaban J connectivity index is 1.86. The first-order chi connectivity index (χ1) is 12.8. The lowest BCUT2D eigenvalue weighted by Crippen LogP contribution is -2.41. The molecule has 2 fully saturated rings. The number of benzene rings is 1. The number of hydrogen-bond acceptors (Lipinski definition) is 4. The smallest absolute Gasteiger partial charge is 0.444 e. The van der Waals surface area contributed by atoms with Gasteiger partial charge in [0.15, 0.2) is 0 Å². The molecule has 0 bridgehead atoms. The van der Waals surface area contributed by atoms with E-state index in [4.69, 9.17) is 14.0 Å². The Morgan fingerprint density at radius 1 is 1.11 bits per heavy atom. The number of amides is 1. The van der Waals surface area contributed by atoms with Crippen LogP contribution in [-0.4, -0.2) is 48.0 Å². The van der Waals surface area contributed by atoms with E-state index in [9.17, 15) is 4.79 Å². The van der Waals surface area contributed by atoms with E-state index < -0.39 is 16.8 Å². The lowest BCUT2D eigenvalue weighted by Gasteiger charge is -2.32. The fourth-order valence-electron chi connectivity index (χ4n) is 3.71. The van der Waals surface area contributed by atoms with Crippen LogP contribution in [-0.2, 0) is 14.0 Å². The Hall–Kier alpha value is -1.05. The van der Waals surface area contributed by atoms with Gasteiger partial charge in [0.2, 0.25) is 0 Å². The van der Waals surface area contributed by atoms with Gasteiger partial charge in [0.25, 0.3) is 0 Å². The van der Waals surface area contributed by atoms with E-state index in [1.807, 2.05) is 32.9 Å². The Labute approximate surface area is 177 Å². The van der Waals surface area contributed by atoms with Gasteiger partial charge >= 0.3 is 13.2 Å². The lowest BCUT2D eigenvalue weighted by atomic mass is 9.65. The minimum atomic E-state index is -0.521. The van der Waals surface area contributed by atoms with E-state index in [-0.39, 0.29) is 24.9 Å². The van der Waals surface area contributed by atoms with Crippen LogP contribution < -0.4 is 0 Å². The van der Waals surface area contributed by atoms with Crippen LogP contribution >= 0.6 is 15.9 Å². The predicted molar refractivity (Wildman–Crippen MR) is 115 cm³/mol. The maximum absolute atomic E-state index is 12.7. The molecular weight excluding hydrogens is 421 g/mol. The highest BCUT2D eigenvalue weighted by Crippen LogP contribution is 2.47. The third-order valence-electron chi connectivity index (χ3n) is 5.94. The molecule has 2 aliphatic rings. The first kappa shape index (κ1) is 21.7. The first-order valence-corrected chi connectivity index (χ1v) is 10.7. The summed E-state index contributed by atoms with van der Waals surface area (Å²) in [6, 6.07) is 8.27. The quantitative estimate of drug-likeness (QED) is 0.576. The standard InChI is InChI=1S/C21H31BBrNO4/c1-19(2,3)26-18(25)24-12-16(14-8-10-15(23)11-9-14)17(13-24)22-27-20(4,5)21(6,7)28-22/h8-11,16-17H,12-13H2,1-7H3. The van der Waals surface area contributed by atoms with Crippen LogP contribution in [0, 0.1) is 0 Å². The van der Waals surface area contributed by atoms with Gasteiger partial charge in [0.1, 0.15) is 5.60 Å². The van der Waals surface area contributed by atoms with E-state index >= 15 is 0 Å². The largest absolute Gasteiger partial charge is 0.463 e. The normalized spacial score (nSPS) is 26.6. The second-order valence-corrected chi connectivity index (χ2v) is 10.7. The molecule has 1 aromatic carbocycles. The zero-order valence-electron chi connectivity index (χ0n) is 17.9. The van der Waals surface area contributed by atoms with Crippen LogP contribution in [0.5, 0.6) is 0 Å². The number of nitrogens with zero attached hydrogens (tertiary/aromatic N) is 1. The molecular formula is C21H31BBrNO4. The van der Waals surface area contributed by atoms with Gasteiger partial charge in [-0.05, 0) is 66.2 Å². The van der Waals surface area contributed by atoms with Crippen LogP contribution in [0.25, 0.3) is 0 Å². The molecule has 154 valence electrons. The van der Waals surface area contributed by atoms with Gasteiger partial charge < -0.3 is 18.9 Å². The van der Waals surface area contributed by atoms with E-state index in [2.05, 4.69) is 55.8 Å². The summed E-state index contributed by atoms with van der Waals surface area (Å²) in [6.07, 6.45) is -0.284. The van der Waals surface area contributed by atoms with Crippen molar-refractivity contribution in [1.82, 2.24) is 4.90 Å². The van der Waals surface area contributed by atoms with Gasteiger partial charge in [-0.1, -0.05) is 28.1 Å². The van der Waals surface area contributed by atoms with Crippen LogP contribution in [0.15, 0.2) is 28.7 Å². The van der Waals surface area contributed by atoms with Crippen molar-refractivity contribution in [3.8, 4) is 0 Å². The number of rotatable bonds is 2. The Morgan fingerprint density at radius 3 is 2.14 bits per heavy atom. The summed E-state index contributed by atoms with van der Waals surface area (Å²) < 4.78 is 19.3. The third kappa shape index (κ3) is 4.41. The summed E-state index contributed by atoms with van der Waals surface area (Å²) in [6.45, 7) is 15.0. The Morgan fingerprint density at radius 2 is 1.64 bits per heavy atom. The van der Waals surface area contributed by atoms with E-state index in [1.54, 1.807) is 4.90 Å². The van der Waals surface area contributed by atoms with Crippen molar-refractivity contribution >= 4 is 29.1 Å². The van der Waals surface area contributed by atoms with Gasteiger partial charge in [0, 0.05) is 29.3 Å². The maximum Gasteiger partial charge on any atom is 0.463 e. The van der Waals surface area contributed by atoms with Gasteiger partial charge in [0.05, 0.1) is 11.2 Å². The number of carbonyl (C=O) groups is 1.